The first kappa shape index (κ1) is 17.6. The second kappa shape index (κ2) is 6.44. The lowest BCUT2D eigenvalue weighted by Crippen LogP contribution is -2.15. The molecule has 2 aromatic carbocycles. The Kier molecular flexibility index (Phi) is 4.20. The van der Waals surface area contributed by atoms with Crippen LogP contribution in [0, 0.1) is 24.7 Å². The van der Waals surface area contributed by atoms with Crippen molar-refractivity contribution in [3.63, 3.8) is 0 Å². The predicted octanol–water partition coefficient (Wildman–Crippen LogP) is 4.75. The summed E-state index contributed by atoms with van der Waals surface area (Å²) in [5.74, 6) is -0.293. The summed E-state index contributed by atoms with van der Waals surface area (Å²) in [7, 11) is 0. The first-order chi connectivity index (χ1) is 12.8. The van der Waals surface area contributed by atoms with E-state index in [1.165, 1.54) is 11.3 Å². The topological polar surface area (TPSA) is 66.4 Å². The van der Waals surface area contributed by atoms with Crippen LogP contribution in [0.1, 0.15) is 26.4 Å². The van der Waals surface area contributed by atoms with Gasteiger partial charge in [-0.3, -0.25) is 14.0 Å². The highest BCUT2D eigenvalue weighted by Crippen LogP contribution is 2.24. The van der Waals surface area contributed by atoms with Crippen LogP contribution in [0.2, 0.25) is 0 Å². The first-order valence-electron chi connectivity index (χ1n) is 8.42. The summed E-state index contributed by atoms with van der Waals surface area (Å²) in [6.07, 6.45) is 0. The molecule has 0 aliphatic heterocycles. The van der Waals surface area contributed by atoms with Crippen molar-refractivity contribution in [2.75, 3.05) is 5.32 Å². The Bertz CT molecular complexity index is 1350. The van der Waals surface area contributed by atoms with E-state index in [1.54, 1.807) is 4.40 Å². The number of aryl methyl sites for hydroxylation is 3. The quantitative estimate of drug-likeness (QED) is 0.481. The van der Waals surface area contributed by atoms with Gasteiger partial charge in [0, 0.05) is 5.69 Å². The average molecular weight is 396 g/mol. The smallest absolute Gasteiger partial charge is 0.269 e. The highest BCUT2D eigenvalue weighted by molar-refractivity contribution is 7.73. The van der Waals surface area contributed by atoms with E-state index >= 15 is 0 Å². The van der Waals surface area contributed by atoms with Crippen molar-refractivity contribution in [1.82, 2.24) is 9.38 Å². The summed E-state index contributed by atoms with van der Waals surface area (Å²) in [6.45, 7) is 5.94. The van der Waals surface area contributed by atoms with Crippen molar-refractivity contribution in [2.45, 2.75) is 20.8 Å². The zero-order chi connectivity index (χ0) is 19.3. The number of aromatic nitrogens is 2. The van der Waals surface area contributed by atoms with Crippen molar-refractivity contribution < 1.29 is 4.79 Å². The monoisotopic (exact) mass is 395 g/mol. The minimum absolute atomic E-state index is 0.235. The molecule has 5 nitrogen and oxygen atoms in total. The fourth-order valence-corrected chi connectivity index (χ4v) is 4.35. The maximum Gasteiger partial charge on any atom is 0.269 e. The molecule has 1 amide bonds. The van der Waals surface area contributed by atoms with E-state index in [2.05, 4.69) is 10.3 Å². The molecule has 0 aliphatic rings. The van der Waals surface area contributed by atoms with Gasteiger partial charge >= 0.3 is 0 Å². The Morgan fingerprint density at radius 3 is 2.63 bits per heavy atom. The van der Waals surface area contributed by atoms with Crippen molar-refractivity contribution in [3.8, 4) is 0 Å². The molecule has 2 aromatic heterocycles. The Morgan fingerprint density at radius 2 is 1.89 bits per heavy atom. The van der Waals surface area contributed by atoms with Crippen LogP contribution in [0.4, 0.5) is 5.69 Å². The zero-order valence-corrected chi connectivity index (χ0v) is 16.7. The van der Waals surface area contributed by atoms with Crippen molar-refractivity contribution in [3.05, 3.63) is 72.3 Å². The molecular weight excluding hydrogens is 378 g/mol. The normalized spacial score (nSPS) is 11.2. The van der Waals surface area contributed by atoms with E-state index in [4.69, 9.17) is 12.2 Å². The maximum atomic E-state index is 12.9. The van der Waals surface area contributed by atoms with Crippen molar-refractivity contribution >= 4 is 51.7 Å². The number of fused-ring (bicyclic) bond motifs is 3. The van der Waals surface area contributed by atoms with Crippen LogP contribution in [0.5, 0.6) is 0 Å². The number of rotatable bonds is 2. The molecule has 0 bridgehead atoms. The Balaban J connectivity index is 1.87. The molecule has 2 N–H and O–H groups in total. The Morgan fingerprint density at radius 1 is 1.11 bits per heavy atom. The number of anilines is 1. The lowest BCUT2D eigenvalue weighted by molar-refractivity contribution is 0.103. The molecule has 4 rings (SSSR count). The number of nitrogens with zero attached hydrogens (tertiary/aromatic N) is 1. The van der Waals surface area contributed by atoms with Crippen LogP contribution in [-0.4, -0.2) is 15.3 Å². The van der Waals surface area contributed by atoms with Crippen LogP contribution >= 0.6 is 23.6 Å². The number of amides is 1. The van der Waals surface area contributed by atoms with Gasteiger partial charge < -0.3 is 10.3 Å². The summed E-state index contributed by atoms with van der Waals surface area (Å²) >= 11 is 6.66. The average Bonchev–Trinajstić information content (AvgIpc) is 2.95. The minimum Gasteiger partial charge on any atom is -0.321 e. The van der Waals surface area contributed by atoms with E-state index in [0.29, 0.717) is 31.1 Å². The van der Waals surface area contributed by atoms with Gasteiger partial charge in [-0.2, -0.15) is 0 Å². The van der Waals surface area contributed by atoms with Crippen LogP contribution in [0.15, 0.2) is 41.2 Å². The molecule has 0 fully saturated rings. The van der Waals surface area contributed by atoms with Gasteiger partial charge in [0.15, 0.2) is 3.95 Å². The SMILES string of the molecule is Cc1ccc2c(c1)c(=O)[nH]c1c(C(=O)Nc3ccc(C)c(C)c3)sc(=S)n12. The third-order valence-corrected chi connectivity index (χ3v) is 6.02. The van der Waals surface area contributed by atoms with E-state index in [1.807, 2.05) is 57.2 Å². The van der Waals surface area contributed by atoms with Gasteiger partial charge in [-0.15, -0.1) is 0 Å². The van der Waals surface area contributed by atoms with Gasteiger partial charge in [0.1, 0.15) is 10.5 Å². The fourth-order valence-electron chi connectivity index (χ4n) is 3.07. The number of H-pyrrole nitrogens is 1. The van der Waals surface area contributed by atoms with Crippen LogP contribution in [0.3, 0.4) is 0 Å². The summed E-state index contributed by atoms with van der Waals surface area (Å²) < 4.78 is 2.27. The molecular formula is C20H17N3O2S2. The van der Waals surface area contributed by atoms with Gasteiger partial charge in [0.2, 0.25) is 0 Å². The number of benzene rings is 2. The van der Waals surface area contributed by atoms with Gasteiger partial charge in [-0.1, -0.05) is 29.0 Å². The summed E-state index contributed by atoms with van der Waals surface area (Å²) in [5.41, 5.74) is 4.84. The van der Waals surface area contributed by atoms with Crippen LogP contribution in [0.25, 0.3) is 16.6 Å². The van der Waals surface area contributed by atoms with Crippen molar-refractivity contribution in [1.29, 1.82) is 0 Å². The largest absolute Gasteiger partial charge is 0.321 e. The predicted molar refractivity (Wildman–Crippen MR) is 113 cm³/mol. The lowest BCUT2D eigenvalue weighted by Gasteiger charge is -2.07. The third kappa shape index (κ3) is 2.98. The molecule has 7 heteroatoms. The van der Waals surface area contributed by atoms with E-state index in [9.17, 15) is 9.59 Å². The number of nitrogens with one attached hydrogen (secondary N) is 2. The van der Waals surface area contributed by atoms with E-state index < -0.39 is 0 Å². The zero-order valence-electron chi connectivity index (χ0n) is 15.0. The van der Waals surface area contributed by atoms with Crippen LogP contribution in [-0.2, 0) is 0 Å². The molecule has 0 unspecified atom stereocenters. The molecule has 136 valence electrons. The number of thiazole rings is 1. The number of hydrogen-bond acceptors (Lipinski definition) is 4. The van der Waals surface area contributed by atoms with Gasteiger partial charge in [-0.25, -0.2) is 0 Å². The highest BCUT2D eigenvalue weighted by atomic mass is 32.1. The van der Waals surface area contributed by atoms with Crippen molar-refractivity contribution in [2.24, 2.45) is 0 Å². The first-order valence-corrected chi connectivity index (χ1v) is 9.64. The van der Waals surface area contributed by atoms with Gasteiger partial charge in [0.05, 0.1) is 10.9 Å². The molecule has 0 spiro atoms. The Labute approximate surface area is 164 Å². The molecule has 4 aromatic rings. The summed E-state index contributed by atoms with van der Waals surface area (Å²) in [4.78, 5) is 28.6. The molecule has 0 saturated heterocycles. The third-order valence-electron chi connectivity index (χ3n) is 4.65. The molecule has 0 atom stereocenters. The number of aromatic amines is 1. The maximum absolute atomic E-state index is 12.9. The second-order valence-corrected chi connectivity index (χ2v) is 8.25. The lowest BCUT2D eigenvalue weighted by atomic mass is 10.1. The number of carbonyl (C=O) groups is 1. The standard InChI is InChI=1S/C20H17N3O2S2/c1-10-4-7-15-14(8-10)18(24)22-17-16(27-20(26)23(15)17)19(25)21-13-6-5-11(2)12(3)9-13/h4-9H,1-3H3,(H,21,25)(H,22,24). The number of carbonyl (C=O) groups excluding carboxylic acids is 1. The summed E-state index contributed by atoms with van der Waals surface area (Å²) in [6, 6.07) is 11.4. The molecule has 0 radical (unpaired) electrons. The molecule has 27 heavy (non-hydrogen) atoms. The minimum atomic E-state index is -0.293. The van der Waals surface area contributed by atoms with Crippen LogP contribution < -0.4 is 10.9 Å². The van der Waals surface area contributed by atoms with Gasteiger partial charge in [0.25, 0.3) is 11.5 Å². The Hall–Kier alpha value is -2.77. The van der Waals surface area contributed by atoms with E-state index in [-0.39, 0.29) is 11.5 Å². The fraction of sp³-hybridized carbons (Fsp3) is 0.150. The van der Waals surface area contributed by atoms with Gasteiger partial charge in [-0.05, 0) is 68.4 Å². The molecule has 0 aliphatic carbocycles. The summed E-state index contributed by atoms with van der Waals surface area (Å²) in [5, 5.41) is 3.45. The molecule has 0 saturated carbocycles. The highest BCUT2D eigenvalue weighted by Gasteiger charge is 2.18. The second-order valence-electron chi connectivity index (χ2n) is 6.61. The van der Waals surface area contributed by atoms with E-state index in [0.717, 1.165) is 16.7 Å². The number of hydrogen-bond donors (Lipinski definition) is 2. The molecule has 2 heterocycles.